The maximum atomic E-state index is 13.3. The average Bonchev–Trinajstić information content (AvgIpc) is 3.66. The van der Waals surface area contributed by atoms with Crippen molar-refractivity contribution in [2.45, 2.75) is 43.9 Å². The minimum Gasteiger partial charge on any atom is -0.461 e. The number of hydrogen-bond donors (Lipinski definition) is 2. The number of fused-ring (bicyclic) bond motifs is 1. The molecule has 4 aromatic rings. The minimum atomic E-state index is -0.201. The molecule has 37 heavy (non-hydrogen) atoms. The quantitative estimate of drug-likeness (QED) is 0.211. The van der Waals surface area contributed by atoms with Crippen molar-refractivity contribution >= 4 is 39.9 Å². The maximum Gasteiger partial charge on any atom is 0.254 e. The van der Waals surface area contributed by atoms with E-state index in [2.05, 4.69) is 27.4 Å². The lowest BCUT2D eigenvalue weighted by Gasteiger charge is -2.13. The van der Waals surface area contributed by atoms with Gasteiger partial charge in [-0.15, -0.1) is 28.1 Å². The number of amides is 2. The van der Waals surface area contributed by atoms with E-state index in [1.165, 1.54) is 28.0 Å². The number of aryl methyl sites for hydroxylation is 1. The van der Waals surface area contributed by atoms with Crippen LogP contribution in [0.5, 0.6) is 0 Å². The molecule has 2 amide bonds. The van der Waals surface area contributed by atoms with Crippen LogP contribution in [0.2, 0.25) is 0 Å². The molecule has 2 N–H and O–H groups in total. The molecule has 0 fully saturated rings. The van der Waals surface area contributed by atoms with Gasteiger partial charge in [0.05, 0.1) is 17.6 Å². The van der Waals surface area contributed by atoms with Crippen molar-refractivity contribution in [2.24, 2.45) is 0 Å². The molecule has 3 heterocycles. The fraction of sp³-hybridized carbons (Fsp3) is 0.259. The molecule has 5 rings (SSSR count). The van der Waals surface area contributed by atoms with Crippen LogP contribution in [-0.4, -0.2) is 32.3 Å². The highest BCUT2D eigenvalue weighted by Gasteiger charge is 2.26. The molecule has 3 aromatic heterocycles. The molecular formula is C27H27N5O3S2. The molecule has 1 aliphatic rings. The molecule has 0 saturated heterocycles. The fourth-order valence-corrected chi connectivity index (χ4v) is 6.38. The Bertz CT molecular complexity index is 1390. The van der Waals surface area contributed by atoms with E-state index in [4.69, 9.17) is 4.42 Å². The lowest BCUT2D eigenvalue weighted by atomic mass is 9.95. The molecule has 0 saturated carbocycles. The Morgan fingerprint density at radius 3 is 2.76 bits per heavy atom. The Morgan fingerprint density at radius 1 is 1.14 bits per heavy atom. The summed E-state index contributed by atoms with van der Waals surface area (Å²) in [5, 5.41) is 15.7. The van der Waals surface area contributed by atoms with Gasteiger partial charge in [-0.1, -0.05) is 48.2 Å². The third-order valence-corrected chi connectivity index (χ3v) is 8.22. The predicted octanol–water partition coefficient (Wildman–Crippen LogP) is 5.33. The molecule has 10 heteroatoms. The number of thioether (sulfide) groups is 1. The summed E-state index contributed by atoms with van der Waals surface area (Å²) in [5.74, 6) is 0.951. The molecule has 0 unspecified atom stereocenters. The normalized spacial score (nSPS) is 12.6. The van der Waals surface area contributed by atoms with Crippen molar-refractivity contribution in [3.8, 4) is 11.6 Å². The van der Waals surface area contributed by atoms with E-state index in [0.29, 0.717) is 40.4 Å². The Kier molecular flexibility index (Phi) is 7.86. The van der Waals surface area contributed by atoms with Crippen LogP contribution in [0.4, 0.5) is 5.00 Å². The van der Waals surface area contributed by atoms with Crippen LogP contribution >= 0.6 is 23.1 Å². The summed E-state index contributed by atoms with van der Waals surface area (Å²) in [6, 6.07) is 13.4. The van der Waals surface area contributed by atoms with Gasteiger partial charge in [-0.25, -0.2) is 0 Å². The Morgan fingerprint density at radius 2 is 1.97 bits per heavy atom. The van der Waals surface area contributed by atoms with Gasteiger partial charge in [0.25, 0.3) is 5.91 Å². The van der Waals surface area contributed by atoms with Crippen molar-refractivity contribution in [1.29, 1.82) is 0 Å². The summed E-state index contributed by atoms with van der Waals surface area (Å²) in [6.07, 6.45) is 7.25. The lowest BCUT2D eigenvalue weighted by molar-refractivity contribution is -0.113. The average molecular weight is 534 g/mol. The van der Waals surface area contributed by atoms with E-state index in [-0.39, 0.29) is 17.6 Å². The number of carbonyl (C=O) groups is 2. The van der Waals surface area contributed by atoms with Crippen LogP contribution in [-0.2, 0) is 30.7 Å². The van der Waals surface area contributed by atoms with Gasteiger partial charge in [0.1, 0.15) is 5.00 Å². The predicted molar refractivity (Wildman–Crippen MR) is 146 cm³/mol. The number of carbonyl (C=O) groups excluding carboxylic acids is 2. The molecule has 0 atom stereocenters. The lowest BCUT2D eigenvalue weighted by Crippen LogP contribution is -2.25. The van der Waals surface area contributed by atoms with Crippen molar-refractivity contribution in [1.82, 2.24) is 20.1 Å². The SMILES string of the molecule is C=CCn1c(SCC(=O)Nc2sc3c(c2C(=O)NCc2ccccc2)CCCC3)nnc1-c1ccco1. The molecular weight excluding hydrogens is 506 g/mol. The summed E-state index contributed by atoms with van der Waals surface area (Å²) >= 11 is 2.80. The van der Waals surface area contributed by atoms with Gasteiger partial charge < -0.3 is 15.1 Å². The molecule has 190 valence electrons. The molecule has 0 aliphatic heterocycles. The standard InChI is InChI=1S/C27H27N5O3S2/c1-2-14-32-24(20-12-8-15-35-20)30-31-27(32)36-17-22(33)29-26-23(19-11-6-7-13-21(19)37-26)25(34)28-16-18-9-4-3-5-10-18/h2-5,8-10,12,15H,1,6-7,11,13-14,16-17H2,(H,28,34)(H,29,33). The number of aromatic nitrogens is 3. The topological polar surface area (TPSA) is 102 Å². The number of nitrogens with one attached hydrogen (secondary N) is 2. The van der Waals surface area contributed by atoms with Crippen LogP contribution < -0.4 is 10.6 Å². The summed E-state index contributed by atoms with van der Waals surface area (Å²) in [7, 11) is 0. The summed E-state index contributed by atoms with van der Waals surface area (Å²) in [6.45, 7) is 4.73. The van der Waals surface area contributed by atoms with E-state index in [0.717, 1.165) is 36.8 Å². The highest BCUT2D eigenvalue weighted by Crippen LogP contribution is 2.38. The Hall–Kier alpha value is -3.63. The first-order chi connectivity index (χ1) is 18.1. The number of rotatable bonds is 10. The van der Waals surface area contributed by atoms with Gasteiger partial charge >= 0.3 is 0 Å². The van der Waals surface area contributed by atoms with Crippen LogP contribution in [0.3, 0.4) is 0 Å². The third kappa shape index (κ3) is 5.70. The zero-order chi connectivity index (χ0) is 25.6. The Balaban J connectivity index is 1.29. The minimum absolute atomic E-state index is 0.126. The summed E-state index contributed by atoms with van der Waals surface area (Å²) < 4.78 is 7.32. The number of thiophene rings is 1. The monoisotopic (exact) mass is 533 g/mol. The second kappa shape index (κ2) is 11.6. The number of hydrogen-bond acceptors (Lipinski definition) is 7. The number of benzene rings is 1. The van der Waals surface area contributed by atoms with Crippen molar-refractivity contribution in [3.63, 3.8) is 0 Å². The van der Waals surface area contributed by atoms with E-state index in [1.807, 2.05) is 41.0 Å². The van der Waals surface area contributed by atoms with E-state index < -0.39 is 0 Å². The van der Waals surface area contributed by atoms with Gasteiger partial charge in [-0.2, -0.15) is 0 Å². The number of nitrogens with zero attached hydrogens (tertiary/aromatic N) is 3. The van der Waals surface area contributed by atoms with Gasteiger partial charge in [-0.3, -0.25) is 14.2 Å². The highest BCUT2D eigenvalue weighted by atomic mass is 32.2. The maximum absolute atomic E-state index is 13.3. The van der Waals surface area contributed by atoms with Gasteiger partial charge in [0.15, 0.2) is 10.9 Å². The first-order valence-electron chi connectivity index (χ1n) is 12.1. The summed E-state index contributed by atoms with van der Waals surface area (Å²) in [5.41, 5.74) is 2.70. The molecule has 0 bridgehead atoms. The van der Waals surface area contributed by atoms with Gasteiger partial charge in [-0.05, 0) is 48.9 Å². The van der Waals surface area contributed by atoms with Gasteiger partial charge in [0, 0.05) is 18.0 Å². The second-order valence-electron chi connectivity index (χ2n) is 8.60. The van der Waals surface area contributed by atoms with Crippen LogP contribution in [0.25, 0.3) is 11.6 Å². The number of allylic oxidation sites excluding steroid dienone is 1. The third-order valence-electron chi connectivity index (χ3n) is 6.05. The molecule has 1 aromatic carbocycles. The van der Waals surface area contributed by atoms with E-state index in [1.54, 1.807) is 18.4 Å². The number of furan rings is 1. The van der Waals surface area contributed by atoms with E-state index in [9.17, 15) is 9.59 Å². The smallest absolute Gasteiger partial charge is 0.254 e. The highest BCUT2D eigenvalue weighted by molar-refractivity contribution is 7.99. The second-order valence-corrected chi connectivity index (χ2v) is 10.7. The Labute approximate surface area is 223 Å². The fourth-order valence-electron chi connectivity index (χ4n) is 4.33. The number of anilines is 1. The van der Waals surface area contributed by atoms with Crippen LogP contribution in [0.15, 0.2) is 71.0 Å². The van der Waals surface area contributed by atoms with Crippen LogP contribution in [0, 0.1) is 0 Å². The first-order valence-corrected chi connectivity index (χ1v) is 13.9. The van der Waals surface area contributed by atoms with Crippen LogP contribution in [0.1, 0.15) is 39.2 Å². The summed E-state index contributed by atoms with van der Waals surface area (Å²) in [4.78, 5) is 27.5. The van der Waals surface area contributed by atoms with Crippen molar-refractivity contribution in [3.05, 3.63) is 83.0 Å². The largest absolute Gasteiger partial charge is 0.461 e. The molecule has 0 radical (unpaired) electrons. The van der Waals surface area contributed by atoms with E-state index >= 15 is 0 Å². The zero-order valence-corrected chi connectivity index (χ0v) is 21.9. The van der Waals surface area contributed by atoms with Gasteiger partial charge in [0.2, 0.25) is 11.7 Å². The molecule has 1 aliphatic carbocycles. The zero-order valence-electron chi connectivity index (χ0n) is 20.2. The molecule has 0 spiro atoms. The van der Waals surface area contributed by atoms with Crippen molar-refractivity contribution in [2.75, 3.05) is 11.1 Å². The van der Waals surface area contributed by atoms with Crippen molar-refractivity contribution < 1.29 is 14.0 Å². The first kappa shape index (κ1) is 25.0. The molecule has 8 nitrogen and oxygen atoms in total.